The van der Waals surface area contributed by atoms with E-state index < -0.39 is 0 Å². The van der Waals surface area contributed by atoms with Gasteiger partial charge in [-0.15, -0.1) is 0 Å². The number of ether oxygens (including phenoxy) is 1. The van der Waals surface area contributed by atoms with Gasteiger partial charge in [-0.1, -0.05) is 0 Å². The summed E-state index contributed by atoms with van der Waals surface area (Å²) in [5.74, 6) is -0.379. The average Bonchev–Trinajstić information content (AvgIpc) is 2.64. The number of benzene rings is 1. The van der Waals surface area contributed by atoms with E-state index in [0.29, 0.717) is 11.3 Å². The van der Waals surface area contributed by atoms with Gasteiger partial charge in [-0.25, -0.2) is 15.1 Å². The van der Waals surface area contributed by atoms with E-state index in [9.17, 15) is 4.79 Å². The molecule has 0 amide bonds. The second-order valence-corrected chi connectivity index (χ2v) is 3.55. The molecule has 4 nitrogen and oxygen atoms in total. The van der Waals surface area contributed by atoms with Gasteiger partial charge in [0.25, 0.3) is 0 Å². The van der Waals surface area contributed by atoms with Gasteiger partial charge in [-0.05, 0) is 28.1 Å². The zero-order chi connectivity index (χ0) is 10.1. The Hall–Kier alpha value is -1.36. The molecule has 0 saturated carbocycles. The van der Waals surface area contributed by atoms with Gasteiger partial charge in [0.05, 0.1) is 18.4 Å². The van der Waals surface area contributed by atoms with E-state index in [-0.39, 0.29) is 5.97 Å². The molecule has 0 unspecified atom stereocenters. The van der Waals surface area contributed by atoms with Crippen molar-refractivity contribution < 1.29 is 9.53 Å². The molecule has 1 heterocycles. The number of esters is 1. The van der Waals surface area contributed by atoms with Crippen LogP contribution in [0.25, 0.3) is 0 Å². The lowest BCUT2D eigenvalue weighted by molar-refractivity contribution is 0.0600. The molecular formula is C9H6BrN2O2. The van der Waals surface area contributed by atoms with Crippen LogP contribution in [0.4, 0.5) is 11.4 Å². The van der Waals surface area contributed by atoms with Crippen molar-refractivity contribution in [2.24, 2.45) is 4.99 Å². The van der Waals surface area contributed by atoms with E-state index in [0.717, 1.165) is 10.2 Å². The molecule has 0 aliphatic carbocycles. The second-order valence-electron chi connectivity index (χ2n) is 2.69. The molecule has 0 spiro atoms. The number of hydrogen-bond donors (Lipinski definition) is 0. The lowest BCUT2D eigenvalue weighted by Crippen LogP contribution is -2.01. The molecule has 1 radical (unpaired) electrons. The largest absolute Gasteiger partial charge is 0.465 e. The van der Waals surface area contributed by atoms with Crippen molar-refractivity contribution in [2.75, 3.05) is 7.11 Å². The van der Waals surface area contributed by atoms with Gasteiger partial charge in [0.15, 0.2) is 0 Å². The Morgan fingerprint density at radius 3 is 3.00 bits per heavy atom. The lowest BCUT2D eigenvalue weighted by Gasteiger charge is -2.03. The molecule has 0 bridgehead atoms. The summed E-state index contributed by atoms with van der Waals surface area (Å²) in [5.41, 5.74) is 1.89. The molecule has 0 saturated heterocycles. The van der Waals surface area contributed by atoms with E-state index >= 15 is 0 Å². The predicted molar refractivity (Wildman–Crippen MR) is 55.4 cm³/mol. The first-order valence-corrected chi connectivity index (χ1v) is 4.67. The summed E-state index contributed by atoms with van der Waals surface area (Å²) in [6.07, 6.45) is 1.45. The van der Waals surface area contributed by atoms with Crippen LogP contribution < -0.4 is 5.32 Å². The number of carbonyl (C=O) groups is 1. The van der Waals surface area contributed by atoms with E-state index in [1.807, 2.05) is 0 Å². The minimum Gasteiger partial charge on any atom is -0.465 e. The number of halogens is 1. The van der Waals surface area contributed by atoms with Crippen molar-refractivity contribution in [1.82, 2.24) is 5.32 Å². The van der Waals surface area contributed by atoms with Crippen LogP contribution in [0.2, 0.25) is 0 Å². The normalized spacial score (nSPS) is 12.1. The summed E-state index contributed by atoms with van der Waals surface area (Å²) < 4.78 is 5.35. The van der Waals surface area contributed by atoms with Crippen LogP contribution in [0.5, 0.6) is 0 Å². The van der Waals surface area contributed by atoms with Gasteiger partial charge < -0.3 is 4.74 Å². The minimum atomic E-state index is -0.379. The highest BCUT2D eigenvalue weighted by Crippen LogP contribution is 2.36. The SMILES string of the molecule is COC(=O)c1cc(Br)c2c(c1)N=C[N]2. The Labute approximate surface area is 89.1 Å². The topological polar surface area (TPSA) is 52.8 Å². The van der Waals surface area contributed by atoms with E-state index in [1.54, 1.807) is 12.1 Å². The van der Waals surface area contributed by atoms with Crippen molar-refractivity contribution in [2.45, 2.75) is 0 Å². The van der Waals surface area contributed by atoms with E-state index in [1.165, 1.54) is 13.4 Å². The third-order valence-electron chi connectivity index (χ3n) is 1.85. The summed E-state index contributed by atoms with van der Waals surface area (Å²) >= 11 is 3.31. The zero-order valence-corrected chi connectivity index (χ0v) is 8.91. The molecule has 0 aromatic heterocycles. The maximum atomic E-state index is 11.2. The fraction of sp³-hybridized carbons (Fsp3) is 0.111. The molecule has 0 fully saturated rings. The fourth-order valence-electron chi connectivity index (χ4n) is 1.20. The molecular weight excluding hydrogens is 248 g/mol. The maximum absolute atomic E-state index is 11.2. The van der Waals surface area contributed by atoms with Gasteiger partial charge in [-0.3, -0.25) is 0 Å². The molecule has 1 aromatic carbocycles. The number of rotatable bonds is 1. The maximum Gasteiger partial charge on any atom is 0.337 e. The second kappa shape index (κ2) is 3.42. The lowest BCUT2D eigenvalue weighted by atomic mass is 10.2. The quantitative estimate of drug-likeness (QED) is 0.721. The highest BCUT2D eigenvalue weighted by molar-refractivity contribution is 9.10. The number of hydrogen-bond acceptors (Lipinski definition) is 3. The van der Waals surface area contributed by atoms with Crippen molar-refractivity contribution in [3.05, 3.63) is 22.2 Å². The van der Waals surface area contributed by atoms with Gasteiger partial charge in [-0.2, -0.15) is 0 Å². The number of nitrogens with zero attached hydrogens (tertiary/aromatic N) is 2. The predicted octanol–water partition coefficient (Wildman–Crippen LogP) is 2.14. The highest BCUT2D eigenvalue weighted by Gasteiger charge is 2.16. The van der Waals surface area contributed by atoms with Gasteiger partial charge in [0.1, 0.15) is 12.0 Å². The van der Waals surface area contributed by atoms with Crippen LogP contribution in [-0.4, -0.2) is 19.4 Å². The summed E-state index contributed by atoms with van der Waals surface area (Å²) in [7, 11) is 1.34. The molecule has 0 N–H and O–H groups in total. The molecule has 5 heteroatoms. The molecule has 1 aromatic rings. The molecule has 1 aliphatic rings. The number of aliphatic imine (C=N–C) groups is 1. The van der Waals surface area contributed by atoms with Crippen molar-refractivity contribution >= 4 is 39.6 Å². The van der Waals surface area contributed by atoms with Crippen molar-refractivity contribution in [1.29, 1.82) is 0 Å². The molecule has 14 heavy (non-hydrogen) atoms. The molecule has 71 valence electrons. The van der Waals surface area contributed by atoms with Crippen LogP contribution in [0.1, 0.15) is 10.4 Å². The van der Waals surface area contributed by atoms with E-state index in [4.69, 9.17) is 0 Å². The summed E-state index contributed by atoms with van der Waals surface area (Å²) in [5, 5.41) is 4.03. The summed E-state index contributed by atoms with van der Waals surface area (Å²) in [4.78, 5) is 15.2. The number of fused-ring (bicyclic) bond motifs is 1. The Balaban J connectivity index is 2.51. The smallest absolute Gasteiger partial charge is 0.337 e. The molecule has 2 rings (SSSR count). The van der Waals surface area contributed by atoms with Crippen LogP contribution in [0.3, 0.4) is 0 Å². The minimum absolute atomic E-state index is 0.379. The third kappa shape index (κ3) is 1.39. The Kier molecular flexibility index (Phi) is 2.25. The van der Waals surface area contributed by atoms with Gasteiger partial charge in [0, 0.05) is 4.47 Å². The Morgan fingerprint density at radius 2 is 2.29 bits per heavy atom. The van der Waals surface area contributed by atoms with Gasteiger partial charge in [0.2, 0.25) is 0 Å². The Bertz CT molecular complexity index is 429. The number of methoxy groups -OCH3 is 1. The van der Waals surface area contributed by atoms with Crippen LogP contribution in [0, 0.1) is 0 Å². The Morgan fingerprint density at radius 1 is 1.50 bits per heavy atom. The first-order valence-electron chi connectivity index (χ1n) is 3.87. The highest BCUT2D eigenvalue weighted by atomic mass is 79.9. The monoisotopic (exact) mass is 253 g/mol. The first-order chi connectivity index (χ1) is 6.72. The number of carbonyl (C=O) groups excluding carboxylic acids is 1. The van der Waals surface area contributed by atoms with Gasteiger partial charge >= 0.3 is 5.97 Å². The summed E-state index contributed by atoms with van der Waals surface area (Å²) in [6, 6.07) is 3.32. The van der Waals surface area contributed by atoms with Crippen LogP contribution in [0.15, 0.2) is 21.6 Å². The first kappa shape index (κ1) is 9.21. The van der Waals surface area contributed by atoms with Crippen LogP contribution in [-0.2, 0) is 4.74 Å². The average molecular weight is 254 g/mol. The van der Waals surface area contributed by atoms with Crippen molar-refractivity contribution in [3.8, 4) is 0 Å². The third-order valence-corrected chi connectivity index (χ3v) is 2.45. The molecule has 0 atom stereocenters. The van der Waals surface area contributed by atoms with Crippen LogP contribution >= 0.6 is 15.9 Å². The zero-order valence-electron chi connectivity index (χ0n) is 7.32. The van der Waals surface area contributed by atoms with E-state index in [2.05, 4.69) is 31.0 Å². The van der Waals surface area contributed by atoms with Crippen molar-refractivity contribution in [3.63, 3.8) is 0 Å². The summed E-state index contributed by atoms with van der Waals surface area (Å²) in [6.45, 7) is 0. The molecule has 1 aliphatic heterocycles. The fourth-order valence-corrected chi connectivity index (χ4v) is 1.75. The standard InChI is InChI=1S/C9H6BrN2O2/c1-14-9(13)5-2-6(10)8-7(3-5)11-4-12-8/h2-4H,1H3.